The number of benzene rings is 1. The first-order valence-electron chi connectivity index (χ1n) is 5.59. The fourth-order valence-electron chi connectivity index (χ4n) is 1.73. The topological polar surface area (TPSA) is 72.2 Å². The largest absolute Gasteiger partial charge is 0.399 e. The van der Waals surface area contributed by atoms with Crippen molar-refractivity contribution in [3.63, 3.8) is 0 Å². The maximum Gasteiger partial charge on any atom is 0.242 e. The van der Waals surface area contributed by atoms with Crippen molar-refractivity contribution in [3.8, 4) is 0 Å². The molecule has 19 heavy (non-hydrogen) atoms. The minimum absolute atomic E-state index is 0.0832. The number of anilines is 1. The zero-order valence-corrected chi connectivity index (χ0v) is 15.0. The Balaban J connectivity index is 2.25. The van der Waals surface area contributed by atoms with Crippen LogP contribution in [-0.4, -0.2) is 26.0 Å². The van der Waals surface area contributed by atoms with Crippen molar-refractivity contribution in [1.29, 1.82) is 0 Å². The molecule has 0 aliphatic heterocycles. The molecule has 3 N–H and O–H groups in total. The molecule has 1 aliphatic rings. The molecule has 0 radical (unpaired) electrons. The second kappa shape index (κ2) is 5.55. The Morgan fingerprint density at radius 1 is 1.37 bits per heavy atom. The number of sulfonamides is 1. The molecule has 0 aromatic heterocycles. The van der Waals surface area contributed by atoms with Crippen LogP contribution < -0.4 is 10.5 Å². The molecule has 0 spiro atoms. The van der Waals surface area contributed by atoms with Gasteiger partial charge in [-0.1, -0.05) is 0 Å². The van der Waals surface area contributed by atoms with Gasteiger partial charge in [0, 0.05) is 25.9 Å². The summed E-state index contributed by atoms with van der Waals surface area (Å²) in [5.41, 5.74) is 6.17. The molecule has 0 bridgehead atoms. The van der Waals surface area contributed by atoms with Crippen LogP contribution in [0, 0.1) is 0 Å². The average molecular weight is 430 g/mol. The number of hydrogen-bond acceptors (Lipinski definition) is 4. The van der Waals surface area contributed by atoms with E-state index < -0.39 is 10.0 Å². The van der Waals surface area contributed by atoms with Crippen LogP contribution in [-0.2, 0) is 10.0 Å². The van der Waals surface area contributed by atoms with E-state index in [1.807, 2.05) is 6.26 Å². The summed E-state index contributed by atoms with van der Waals surface area (Å²) in [7, 11) is -3.55. The number of rotatable bonds is 5. The minimum atomic E-state index is -3.55. The lowest BCUT2D eigenvalue weighted by molar-refractivity contribution is 0.579. The highest BCUT2D eigenvalue weighted by Gasteiger charge is 2.42. The van der Waals surface area contributed by atoms with Crippen LogP contribution in [0.1, 0.15) is 12.8 Å². The summed E-state index contributed by atoms with van der Waals surface area (Å²) in [6.07, 6.45) is 4.12. The third kappa shape index (κ3) is 3.47. The highest BCUT2D eigenvalue weighted by molar-refractivity contribution is 9.11. The lowest BCUT2D eigenvalue weighted by Crippen LogP contribution is -2.32. The van der Waals surface area contributed by atoms with Gasteiger partial charge in [0.05, 0.1) is 0 Å². The molecule has 1 aromatic carbocycles. The van der Waals surface area contributed by atoms with Gasteiger partial charge in [-0.25, -0.2) is 13.1 Å². The molecule has 0 unspecified atom stereocenters. The van der Waals surface area contributed by atoms with Crippen molar-refractivity contribution in [2.75, 3.05) is 18.5 Å². The van der Waals surface area contributed by atoms with Crippen molar-refractivity contribution in [1.82, 2.24) is 4.72 Å². The Kier molecular flexibility index (Phi) is 4.57. The van der Waals surface area contributed by atoms with E-state index in [1.54, 1.807) is 23.9 Å². The highest BCUT2D eigenvalue weighted by atomic mass is 79.9. The standard InChI is InChI=1S/C11H14Br2N2O2S2/c1-18-11(2-3-11)6-15-19(16,17)10-8(12)4-7(14)5-9(10)13/h4-5,15H,2-3,6,14H2,1H3. The van der Waals surface area contributed by atoms with Gasteiger partial charge in [0.1, 0.15) is 4.90 Å². The Morgan fingerprint density at radius 3 is 2.32 bits per heavy atom. The zero-order valence-electron chi connectivity index (χ0n) is 10.2. The number of nitrogens with one attached hydrogen (secondary N) is 1. The maximum atomic E-state index is 12.4. The summed E-state index contributed by atoms with van der Waals surface area (Å²) in [6.45, 7) is 0.458. The van der Waals surface area contributed by atoms with E-state index in [-0.39, 0.29) is 9.64 Å². The molecular weight excluding hydrogens is 416 g/mol. The van der Waals surface area contributed by atoms with Gasteiger partial charge < -0.3 is 5.73 Å². The van der Waals surface area contributed by atoms with E-state index in [1.165, 1.54) is 0 Å². The van der Waals surface area contributed by atoms with E-state index >= 15 is 0 Å². The highest BCUT2D eigenvalue weighted by Crippen LogP contribution is 2.46. The molecule has 4 nitrogen and oxygen atoms in total. The SMILES string of the molecule is CSC1(CNS(=O)(=O)c2c(Br)cc(N)cc2Br)CC1. The van der Waals surface area contributed by atoms with Crippen molar-refractivity contribution in [2.24, 2.45) is 0 Å². The quantitative estimate of drug-likeness (QED) is 0.705. The predicted molar refractivity (Wildman–Crippen MR) is 86.9 cm³/mol. The minimum Gasteiger partial charge on any atom is -0.399 e. The van der Waals surface area contributed by atoms with Gasteiger partial charge in [0.2, 0.25) is 10.0 Å². The number of nitrogens with two attached hydrogens (primary N) is 1. The van der Waals surface area contributed by atoms with Gasteiger partial charge in [-0.2, -0.15) is 11.8 Å². The molecule has 0 heterocycles. The molecule has 1 aliphatic carbocycles. The Hall–Kier alpha value is 0.240. The van der Waals surface area contributed by atoms with Crippen LogP contribution in [0.2, 0.25) is 0 Å². The number of nitrogen functional groups attached to an aromatic ring is 1. The Labute approximate surface area is 134 Å². The molecule has 1 fully saturated rings. The van der Waals surface area contributed by atoms with Crippen molar-refractivity contribution < 1.29 is 8.42 Å². The lowest BCUT2D eigenvalue weighted by Gasteiger charge is -2.15. The molecule has 8 heteroatoms. The molecule has 0 atom stereocenters. The molecule has 0 saturated heterocycles. The molecule has 0 amide bonds. The van der Waals surface area contributed by atoms with E-state index in [0.29, 0.717) is 21.2 Å². The van der Waals surface area contributed by atoms with E-state index in [2.05, 4.69) is 36.6 Å². The maximum absolute atomic E-state index is 12.4. The van der Waals surface area contributed by atoms with Gasteiger partial charge >= 0.3 is 0 Å². The van der Waals surface area contributed by atoms with E-state index in [0.717, 1.165) is 12.8 Å². The Bertz CT molecular complexity index is 578. The van der Waals surface area contributed by atoms with Crippen molar-refractivity contribution in [3.05, 3.63) is 21.1 Å². The third-order valence-corrected chi connectivity index (χ3v) is 7.81. The Morgan fingerprint density at radius 2 is 1.89 bits per heavy atom. The summed E-state index contributed by atoms with van der Waals surface area (Å²) in [4.78, 5) is 0.193. The second-order valence-electron chi connectivity index (χ2n) is 4.53. The van der Waals surface area contributed by atoms with Crippen LogP contribution in [0.3, 0.4) is 0 Å². The van der Waals surface area contributed by atoms with Crippen molar-refractivity contribution >= 4 is 59.3 Å². The molecule has 1 aromatic rings. The number of halogens is 2. The summed E-state index contributed by atoms with van der Waals surface area (Å²) in [6, 6.07) is 3.17. The molecular formula is C11H14Br2N2O2S2. The van der Waals surface area contributed by atoms with E-state index in [9.17, 15) is 8.42 Å². The van der Waals surface area contributed by atoms with Gasteiger partial charge in [-0.3, -0.25) is 0 Å². The molecule has 1 saturated carbocycles. The first-order valence-corrected chi connectivity index (χ1v) is 9.88. The first kappa shape index (κ1) is 15.6. The second-order valence-corrected chi connectivity index (χ2v) is 9.21. The predicted octanol–water partition coefficient (Wildman–Crippen LogP) is 2.97. The van der Waals surface area contributed by atoms with Gasteiger partial charge in [-0.05, 0) is 63.1 Å². The van der Waals surface area contributed by atoms with Crippen LogP contribution in [0.5, 0.6) is 0 Å². The first-order chi connectivity index (χ1) is 8.80. The van der Waals surface area contributed by atoms with Crippen molar-refractivity contribution in [2.45, 2.75) is 22.5 Å². The van der Waals surface area contributed by atoms with Crippen LogP contribution in [0.4, 0.5) is 5.69 Å². The van der Waals surface area contributed by atoms with Crippen LogP contribution in [0.15, 0.2) is 26.0 Å². The summed E-state index contributed by atoms with van der Waals surface area (Å²) < 4.78 is 28.4. The normalized spacial score (nSPS) is 17.4. The van der Waals surface area contributed by atoms with Crippen LogP contribution >= 0.6 is 43.6 Å². The number of hydrogen-bond donors (Lipinski definition) is 2. The number of thioether (sulfide) groups is 1. The third-order valence-electron chi connectivity index (χ3n) is 3.11. The fraction of sp³-hybridized carbons (Fsp3) is 0.455. The summed E-state index contributed by atoms with van der Waals surface area (Å²) >= 11 is 8.22. The van der Waals surface area contributed by atoms with Gasteiger partial charge in [-0.15, -0.1) is 0 Å². The zero-order chi connectivity index (χ0) is 14.3. The average Bonchev–Trinajstić information content (AvgIpc) is 3.05. The van der Waals surface area contributed by atoms with Gasteiger partial charge in [0.15, 0.2) is 0 Å². The monoisotopic (exact) mass is 428 g/mol. The van der Waals surface area contributed by atoms with Crippen LogP contribution in [0.25, 0.3) is 0 Å². The molecule has 106 valence electrons. The van der Waals surface area contributed by atoms with E-state index in [4.69, 9.17) is 5.73 Å². The van der Waals surface area contributed by atoms with Gasteiger partial charge in [0.25, 0.3) is 0 Å². The smallest absolute Gasteiger partial charge is 0.242 e. The fourth-order valence-corrected chi connectivity index (χ4v) is 6.29. The lowest BCUT2D eigenvalue weighted by atomic mass is 10.3. The summed E-state index contributed by atoms with van der Waals surface area (Å²) in [5.74, 6) is 0. The summed E-state index contributed by atoms with van der Waals surface area (Å²) in [5, 5.41) is 0. The molecule has 2 rings (SSSR count).